The maximum atomic E-state index is 10.5. The molecule has 0 aliphatic carbocycles. The zero-order valence-electron chi connectivity index (χ0n) is 5.24. The maximum absolute atomic E-state index is 10.5. The molecule has 0 aromatic heterocycles. The molecule has 0 atom stereocenters. The molecule has 0 rings (SSSR count). The zero-order chi connectivity index (χ0) is 7.98. The molecule has 0 amide bonds. The smallest absolute Gasteiger partial charge is 0.332 e. The number of hydrogen-bond acceptors (Lipinski definition) is 5. The van der Waals surface area contributed by atoms with Crippen molar-refractivity contribution in [1.29, 1.82) is 0 Å². The van der Waals surface area contributed by atoms with E-state index < -0.39 is 11.8 Å². The Balaban J connectivity index is 3.68. The topological polar surface area (TPSA) is 95.4 Å². The van der Waals surface area contributed by atoms with Crippen LogP contribution in [0.25, 0.3) is 0 Å². The first-order valence-corrected chi connectivity index (χ1v) is 2.51. The Morgan fingerprint density at radius 3 is 2.50 bits per heavy atom. The first-order valence-electron chi connectivity index (χ1n) is 2.51. The number of carbonyl (C=O) groups excluding carboxylic acids is 2. The molecule has 0 aliphatic heterocycles. The van der Waals surface area contributed by atoms with E-state index in [1.165, 1.54) is 0 Å². The predicted octanol–water partition coefficient (Wildman–Crippen LogP) is -1.17. The van der Waals surface area contributed by atoms with Crippen LogP contribution >= 0.6 is 0 Å². The molecule has 0 unspecified atom stereocenters. The lowest BCUT2D eigenvalue weighted by molar-refractivity contribution is -0.145. The number of ketones is 1. The highest BCUT2D eigenvalue weighted by molar-refractivity contribution is 6.01. The van der Waals surface area contributed by atoms with Crippen LogP contribution in [0.5, 0.6) is 0 Å². The Morgan fingerprint density at radius 2 is 2.10 bits per heavy atom. The molecule has 5 heteroatoms. The van der Waals surface area contributed by atoms with Crippen LogP contribution in [0.15, 0.2) is 12.3 Å². The van der Waals surface area contributed by atoms with Gasteiger partial charge in [0.25, 0.3) is 0 Å². The van der Waals surface area contributed by atoms with Crippen molar-refractivity contribution in [3.63, 3.8) is 0 Å². The molecule has 4 N–H and O–H groups in total. The van der Waals surface area contributed by atoms with Gasteiger partial charge in [0.05, 0.1) is 0 Å². The van der Waals surface area contributed by atoms with E-state index in [2.05, 4.69) is 10.7 Å². The third kappa shape index (κ3) is 3.62. The van der Waals surface area contributed by atoms with Crippen molar-refractivity contribution in [2.75, 3.05) is 0 Å². The summed E-state index contributed by atoms with van der Waals surface area (Å²) >= 11 is 0. The van der Waals surface area contributed by atoms with Crippen LogP contribution in [0.1, 0.15) is 6.42 Å². The van der Waals surface area contributed by atoms with Crippen LogP contribution in [-0.4, -0.2) is 11.8 Å². The van der Waals surface area contributed by atoms with Crippen molar-refractivity contribution in [3.05, 3.63) is 12.3 Å². The van der Waals surface area contributed by atoms with Gasteiger partial charge in [-0.3, -0.25) is 4.79 Å². The maximum Gasteiger partial charge on any atom is 0.332 e. The number of allylic oxidation sites excluding steroid dienone is 1. The van der Waals surface area contributed by atoms with E-state index >= 15 is 0 Å². The highest BCUT2D eigenvalue weighted by Gasteiger charge is 2.05. The van der Waals surface area contributed by atoms with E-state index in [4.69, 9.17) is 5.73 Å². The second-order valence-corrected chi connectivity index (χ2v) is 1.49. The van der Waals surface area contributed by atoms with Gasteiger partial charge < -0.3 is 10.6 Å². The lowest BCUT2D eigenvalue weighted by Crippen LogP contribution is -2.13. The SMILES string of the molecule is N/C=C/C(=O)CC(=O)ON. The molecule has 0 spiro atoms. The fourth-order valence-electron chi connectivity index (χ4n) is 0.350. The minimum absolute atomic E-state index is 0.371. The Kier molecular flexibility index (Phi) is 3.90. The van der Waals surface area contributed by atoms with Crippen molar-refractivity contribution in [2.45, 2.75) is 6.42 Å². The Hall–Kier alpha value is -1.36. The Morgan fingerprint density at radius 1 is 1.50 bits per heavy atom. The van der Waals surface area contributed by atoms with Crippen LogP contribution in [0.4, 0.5) is 0 Å². The monoisotopic (exact) mass is 144 g/mol. The van der Waals surface area contributed by atoms with Gasteiger partial charge in [0, 0.05) is 0 Å². The lowest BCUT2D eigenvalue weighted by Gasteiger charge is -1.91. The standard InChI is InChI=1S/C5H8N2O3/c6-2-1-4(8)3-5(9)10-7/h1-2H,3,6-7H2/b2-1+. The predicted molar refractivity (Wildman–Crippen MR) is 33.2 cm³/mol. The molecule has 5 nitrogen and oxygen atoms in total. The molecule has 0 radical (unpaired) electrons. The zero-order valence-corrected chi connectivity index (χ0v) is 5.24. The second-order valence-electron chi connectivity index (χ2n) is 1.49. The summed E-state index contributed by atoms with van der Waals surface area (Å²) in [4.78, 5) is 24.5. The first-order chi connectivity index (χ1) is 4.70. The fourth-order valence-corrected chi connectivity index (χ4v) is 0.350. The lowest BCUT2D eigenvalue weighted by atomic mass is 10.3. The van der Waals surface area contributed by atoms with Crippen molar-refractivity contribution in [1.82, 2.24) is 0 Å². The Labute approximate surface area is 57.6 Å². The quantitative estimate of drug-likeness (QED) is 0.296. The largest absolute Gasteiger partial charge is 0.404 e. The summed E-state index contributed by atoms with van der Waals surface area (Å²) in [6.45, 7) is 0. The van der Waals surface area contributed by atoms with Crippen molar-refractivity contribution < 1.29 is 14.4 Å². The van der Waals surface area contributed by atoms with Gasteiger partial charge in [0.1, 0.15) is 6.42 Å². The number of carbonyl (C=O) groups is 2. The van der Waals surface area contributed by atoms with Crippen molar-refractivity contribution >= 4 is 11.8 Å². The summed E-state index contributed by atoms with van der Waals surface area (Å²) in [6.07, 6.45) is 1.74. The van der Waals surface area contributed by atoms with Gasteiger partial charge in [0.15, 0.2) is 5.78 Å². The second kappa shape index (κ2) is 4.51. The molecule has 0 saturated heterocycles. The van der Waals surface area contributed by atoms with E-state index in [1.54, 1.807) is 0 Å². The van der Waals surface area contributed by atoms with Gasteiger partial charge >= 0.3 is 5.97 Å². The first kappa shape index (κ1) is 8.64. The average molecular weight is 144 g/mol. The molecule has 0 saturated carbocycles. The Bertz CT molecular complexity index is 164. The minimum Gasteiger partial charge on any atom is -0.404 e. The van der Waals surface area contributed by atoms with Gasteiger partial charge in [-0.1, -0.05) is 0 Å². The summed E-state index contributed by atoms with van der Waals surface area (Å²) in [6, 6.07) is 0. The van der Waals surface area contributed by atoms with Gasteiger partial charge in [-0.2, -0.15) is 5.90 Å². The molecular formula is C5H8N2O3. The molecule has 0 heterocycles. The summed E-state index contributed by atoms with van der Waals surface area (Å²) < 4.78 is 0. The average Bonchev–Trinajstić information content (AvgIpc) is 1.88. The summed E-state index contributed by atoms with van der Waals surface area (Å²) in [7, 11) is 0. The molecule has 0 aromatic rings. The van der Waals surface area contributed by atoms with E-state index in [1.807, 2.05) is 0 Å². The number of rotatable bonds is 3. The van der Waals surface area contributed by atoms with Gasteiger partial charge in [0.2, 0.25) is 0 Å². The molecule has 56 valence electrons. The van der Waals surface area contributed by atoms with Gasteiger partial charge in [-0.05, 0) is 12.3 Å². The van der Waals surface area contributed by atoms with E-state index in [9.17, 15) is 9.59 Å². The van der Waals surface area contributed by atoms with Gasteiger partial charge in [-0.25, -0.2) is 4.79 Å². The minimum atomic E-state index is -0.775. The summed E-state index contributed by atoms with van der Waals surface area (Å²) in [5.74, 6) is 3.25. The van der Waals surface area contributed by atoms with Crippen LogP contribution in [0.2, 0.25) is 0 Å². The third-order valence-electron chi connectivity index (χ3n) is 0.732. The fraction of sp³-hybridized carbons (Fsp3) is 0.200. The van der Waals surface area contributed by atoms with Crippen molar-refractivity contribution in [3.8, 4) is 0 Å². The van der Waals surface area contributed by atoms with E-state index in [-0.39, 0.29) is 6.42 Å². The molecule has 0 aliphatic rings. The van der Waals surface area contributed by atoms with E-state index in [0.717, 1.165) is 12.3 Å². The summed E-state index contributed by atoms with van der Waals surface area (Å²) in [5, 5.41) is 0. The van der Waals surface area contributed by atoms with E-state index in [0.29, 0.717) is 0 Å². The normalized spacial score (nSPS) is 9.70. The van der Waals surface area contributed by atoms with Crippen LogP contribution < -0.4 is 11.6 Å². The van der Waals surface area contributed by atoms with Crippen molar-refractivity contribution in [2.24, 2.45) is 11.6 Å². The molecular weight excluding hydrogens is 136 g/mol. The van der Waals surface area contributed by atoms with Crippen LogP contribution in [0.3, 0.4) is 0 Å². The third-order valence-corrected chi connectivity index (χ3v) is 0.732. The molecule has 0 aromatic carbocycles. The molecule has 10 heavy (non-hydrogen) atoms. The van der Waals surface area contributed by atoms with Gasteiger partial charge in [-0.15, -0.1) is 0 Å². The number of hydrogen-bond donors (Lipinski definition) is 2. The molecule has 0 bridgehead atoms. The highest BCUT2D eigenvalue weighted by atomic mass is 16.7. The van der Waals surface area contributed by atoms with Crippen LogP contribution in [0, 0.1) is 0 Å². The molecule has 0 fully saturated rings. The van der Waals surface area contributed by atoms with Crippen LogP contribution in [-0.2, 0) is 14.4 Å². The summed E-state index contributed by atoms with van der Waals surface area (Å²) in [5.41, 5.74) is 4.86. The highest BCUT2D eigenvalue weighted by Crippen LogP contribution is 1.85. The number of nitrogens with two attached hydrogens (primary N) is 2.